The fourth-order valence-corrected chi connectivity index (χ4v) is 5.68. The van der Waals surface area contributed by atoms with E-state index < -0.39 is 6.03 Å². The van der Waals surface area contributed by atoms with Gasteiger partial charge in [0.1, 0.15) is 11.3 Å². The molecule has 0 saturated carbocycles. The molecule has 1 aliphatic rings. The molecule has 0 unspecified atom stereocenters. The second-order valence-electron chi connectivity index (χ2n) is 11.6. The van der Waals surface area contributed by atoms with Crippen LogP contribution in [-0.4, -0.2) is 40.1 Å². The van der Waals surface area contributed by atoms with Gasteiger partial charge in [0.15, 0.2) is 0 Å². The minimum Gasteiger partial charge on any atom is -0.307 e. The number of hydrogen-bond donors (Lipinski definition) is 2. The van der Waals surface area contributed by atoms with Crippen LogP contribution >= 0.6 is 0 Å². The molecule has 7 nitrogen and oxygen atoms in total. The lowest BCUT2D eigenvalue weighted by Gasteiger charge is -2.21. The van der Waals surface area contributed by atoms with Crippen molar-refractivity contribution in [3.8, 4) is 23.0 Å². The van der Waals surface area contributed by atoms with Gasteiger partial charge in [-0.25, -0.2) is 9.78 Å². The second kappa shape index (κ2) is 12.6. The summed E-state index contributed by atoms with van der Waals surface area (Å²) in [5, 5.41) is 6.79. The zero-order valence-electron chi connectivity index (χ0n) is 25.1. The number of aryl methyl sites for hydroxylation is 1. The smallest absolute Gasteiger partial charge is 0.307 e. The average molecular weight is 562 g/mol. The normalized spacial score (nSPS) is 13.4. The van der Waals surface area contributed by atoms with Crippen LogP contribution in [-0.2, 0) is 7.05 Å². The molecule has 2 aromatic heterocycles. The summed E-state index contributed by atoms with van der Waals surface area (Å²) in [5.74, 6) is 7.02. The number of hydrogen-bond acceptors (Lipinski definition) is 4. The minimum atomic E-state index is -0.465. The molecule has 0 radical (unpaired) electrons. The van der Waals surface area contributed by atoms with E-state index in [2.05, 4.69) is 60.1 Å². The van der Waals surface area contributed by atoms with Gasteiger partial charge in [0.2, 0.25) is 0 Å². The number of aromatic nitrogens is 2. The van der Waals surface area contributed by atoms with Gasteiger partial charge in [0.05, 0.1) is 6.54 Å². The highest BCUT2D eigenvalue weighted by atomic mass is 16.2. The first-order chi connectivity index (χ1) is 20.2. The van der Waals surface area contributed by atoms with Crippen molar-refractivity contribution in [1.29, 1.82) is 0 Å². The number of benzene rings is 2. The standard InChI is InChI=1S/C35H39N5O2/c1-23(2)27-15-9-16-28(24(3)4)31(27)37-35(42)38-32-30(29-17-10-18-36-33(29)39(5)34(32)41)26-14-8-12-25(22-26)13-11-21-40-19-6-7-20-40/h8-10,12,14-18,22-24H,6-7,19-21H2,1-5H3,(H2,37,38,42). The first kappa shape index (κ1) is 29.1. The minimum absolute atomic E-state index is 0.200. The van der Waals surface area contributed by atoms with Crippen LogP contribution in [0.5, 0.6) is 0 Å². The highest BCUT2D eigenvalue weighted by Gasteiger charge is 2.22. The summed E-state index contributed by atoms with van der Waals surface area (Å²) < 4.78 is 1.48. The number of anilines is 2. The lowest BCUT2D eigenvalue weighted by atomic mass is 9.93. The predicted octanol–water partition coefficient (Wildman–Crippen LogP) is 6.94. The quantitative estimate of drug-likeness (QED) is 0.250. The number of likely N-dealkylation sites (tertiary alicyclic amines) is 1. The third-order valence-electron chi connectivity index (χ3n) is 7.88. The second-order valence-corrected chi connectivity index (χ2v) is 11.6. The van der Waals surface area contributed by atoms with Crippen molar-refractivity contribution in [3.05, 3.63) is 87.8 Å². The molecule has 7 heteroatoms. The van der Waals surface area contributed by atoms with Gasteiger partial charge in [-0.1, -0.05) is 69.9 Å². The van der Waals surface area contributed by atoms with Crippen LogP contribution in [0, 0.1) is 11.8 Å². The highest BCUT2D eigenvalue weighted by Crippen LogP contribution is 2.35. The molecule has 4 aromatic rings. The average Bonchev–Trinajstić information content (AvgIpc) is 3.49. The molecule has 1 aliphatic heterocycles. The molecule has 2 amide bonds. The van der Waals surface area contributed by atoms with Crippen molar-refractivity contribution in [3.63, 3.8) is 0 Å². The Labute approximate surface area is 248 Å². The van der Waals surface area contributed by atoms with E-state index in [4.69, 9.17) is 0 Å². The molecule has 2 aromatic carbocycles. The van der Waals surface area contributed by atoms with Gasteiger partial charge in [0.25, 0.3) is 5.56 Å². The molecule has 0 spiro atoms. The Hall–Kier alpha value is -4.41. The number of carbonyl (C=O) groups is 1. The van der Waals surface area contributed by atoms with Crippen molar-refractivity contribution in [2.24, 2.45) is 7.05 Å². The number of nitrogens with one attached hydrogen (secondary N) is 2. The van der Waals surface area contributed by atoms with Gasteiger partial charge < -0.3 is 10.6 Å². The number of nitrogens with zero attached hydrogens (tertiary/aromatic N) is 3. The van der Waals surface area contributed by atoms with E-state index >= 15 is 0 Å². The monoisotopic (exact) mass is 561 g/mol. The van der Waals surface area contributed by atoms with Crippen LogP contribution in [0.25, 0.3) is 22.2 Å². The Balaban J connectivity index is 1.56. The molecular formula is C35H39N5O2. The molecule has 1 fully saturated rings. The van der Waals surface area contributed by atoms with Gasteiger partial charge in [-0.2, -0.15) is 0 Å². The van der Waals surface area contributed by atoms with Crippen LogP contribution < -0.4 is 16.2 Å². The number of amides is 2. The van der Waals surface area contributed by atoms with Crippen molar-refractivity contribution < 1.29 is 4.79 Å². The number of urea groups is 1. The van der Waals surface area contributed by atoms with Crippen LogP contribution in [0.15, 0.2) is 65.6 Å². The molecule has 0 atom stereocenters. The summed E-state index contributed by atoms with van der Waals surface area (Å²) in [5.41, 5.74) is 5.56. The van der Waals surface area contributed by atoms with Gasteiger partial charge in [-0.15, -0.1) is 0 Å². The van der Waals surface area contributed by atoms with Crippen LogP contribution in [0.4, 0.5) is 16.2 Å². The molecule has 0 aliphatic carbocycles. The molecule has 1 saturated heterocycles. The van der Waals surface area contributed by atoms with E-state index in [0.29, 0.717) is 11.2 Å². The lowest BCUT2D eigenvalue weighted by molar-refractivity contribution is 0.262. The molecule has 42 heavy (non-hydrogen) atoms. The molecule has 5 rings (SSSR count). The number of fused-ring (bicyclic) bond motifs is 1. The predicted molar refractivity (Wildman–Crippen MR) is 172 cm³/mol. The Morgan fingerprint density at radius 3 is 2.29 bits per heavy atom. The maximum atomic E-state index is 13.8. The number of pyridine rings is 2. The van der Waals surface area contributed by atoms with Gasteiger partial charge in [-0.05, 0) is 78.7 Å². The molecular weight excluding hydrogens is 522 g/mol. The van der Waals surface area contributed by atoms with E-state index in [1.54, 1.807) is 13.2 Å². The Bertz CT molecular complexity index is 1710. The Morgan fingerprint density at radius 2 is 1.60 bits per heavy atom. The summed E-state index contributed by atoms with van der Waals surface area (Å²) >= 11 is 0. The summed E-state index contributed by atoms with van der Waals surface area (Å²) in [7, 11) is 1.68. The van der Waals surface area contributed by atoms with Crippen molar-refractivity contribution >= 4 is 28.4 Å². The Kier molecular flexibility index (Phi) is 8.75. The summed E-state index contributed by atoms with van der Waals surface area (Å²) in [6.45, 7) is 11.4. The van der Waals surface area contributed by atoms with Gasteiger partial charge >= 0.3 is 6.03 Å². The molecule has 216 valence electrons. The largest absolute Gasteiger partial charge is 0.323 e. The molecule has 3 heterocycles. The van der Waals surface area contributed by atoms with E-state index in [1.807, 2.05) is 54.6 Å². The number of carbonyl (C=O) groups excluding carboxylic acids is 1. The summed E-state index contributed by atoms with van der Waals surface area (Å²) in [4.78, 5) is 34.3. The van der Waals surface area contributed by atoms with Gasteiger partial charge in [-0.3, -0.25) is 14.3 Å². The third kappa shape index (κ3) is 6.09. The van der Waals surface area contributed by atoms with E-state index in [-0.39, 0.29) is 23.1 Å². The molecule has 2 N–H and O–H groups in total. The van der Waals surface area contributed by atoms with Crippen LogP contribution in [0.2, 0.25) is 0 Å². The zero-order chi connectivity index (χ0) is 29.8. The van der Waals surface area contributed by atoms with E-state index in [9.17, 15) is 9.59 Å². The Morgan fingerprint density at radius 1 is 0.929 bits per heavy atom. The van der Waals surface area contributed by atoms with E-state index in [0.717, 1.165) is 53.0 Å². The maximum Gasteiger partial charge on any atom is 0.323 e. The molecule has 0 bridgehead atoms. The fraction of sp³-hybridized carbons (Fsp3) is 0.343. The summed E-state index contributed by atoms with van der Waals surface area (Å²) in [6, 6.07) is 17.2. The SMILES string of the molecule is CC(C)c1cccc(C(C)C)c1NC(=O)Nc1c(-c2cccc(C#CCN3CCCC3)c2)c2cccnc2n(C)c1=O. The number of para-hydroxylation sites is 1. The number of rotatable bonds is 6. The highest BCUT2D eigenvalue weighted by molar-refractivity contribution is 6.07. The van der Waals surface area contributed by atoms with Gasteiger partial charge in [0, 0.05) is 35.4 Å². The van der Waals surface area contributed by atoms with Crippen molar-refractivity contribution in [1.82, 2.24) is 14.5 Å². The summed E-state index contributed by atoms with van der Waals surface area (Å²) in [6.07, 6.45) is 4.13. The van der Waals surface area contributed by atoms with Crippen LogP contribution in [0.3, 0.4) is 0 Å². The zero-order valence-corrected chi connectivity index (χ0v) is 25.1. The lowest BCUT2D eigenvalue weighted by Crippen LogP contribution is -2.29. The van der Waals surface area contributed by atoms with Crippen molar-refractivity contribution in [2.75, 3.05) is 30.3 Å². The first-order valence-corrected chi connectivity index (χ1v) is 14.7. The van der Waals surface area contributed by atoms with Crippen LogP contribution in [0.1, 0.15) is 69.1 Å². The van der Waals surface area contributed by atoms with Crippen molar-refractivity contribution in [2.45, 2.75) is 52.4 Å². The first-order valence-electron chi connectivity index (χ1n) is 14.7. The maximum absolute atomic E-state index is 13.8. The fourth-order valence-electron chi connectivity index (χ4n) is 5.68. The third-order valence-corrected chi connectivity index (χ3v) is 7.88. The van der Waals surface area contributed by atoms with E-state index in [1.165, 1.54) is 17.4 Å². The topological polar surface area (TPSA) is 79.3 Å².